The zero-order valence-electron chi connectivity index (χ0n) is 21.2. The molecule has 0 spiro atoms. The molecular weight excluding hydrogens is 482 g/mol. The second kappa shape index (κ2) is 10.9. The molecule has 1 amide bonds. The van der Waals surface area contributed by atoms with E-state index in [4.69, 9.17) is 4.74 Å². The van der Waals surface area contributed by atoms with Gasteiger partial charge in [-0.05, 0) is 30.3 Å². The number of imidazole rings is 1. The quantitative estimate of drug-likeness (QED) is 0.311. The minimum absolute atomic E-state index is 0.239. The molecule has 0 fully saturated rings. The van der Waals surface area contributed by atoms with Crippen LogP contribution in [0.5, 0.6) is 5.75 Å². The minimum Gasteiger partial charge on any atom is -0.496 e. The summed E-state index contributed by atoms with van der Waals surface area (Å²) < 4.78 is 9.32. The number of nitrogens with one attached hydrogen (secondary N) is 2. The first-order chi connectivity index (χ1) is 18.5. The molecular formula is C27H27N9O2. The Morgan fingerprint density at radius 1 is 1.03 bits per heavy atom. The fraction of sp³-hybridized carbons (Fsp3) is 0.185. The third-order valence-corrected chi connectivity index (χ3v) is 6.19. The topological polar surface area (TPSA) is 125 Å². The van der Waals surface area contributed by atoms with Crippen molar-refractivity contribution in [3.8, 4) is 17.3 Å². The second-order valence-electron chi connectivity index (χ2n) is 8.57. The molecule has 3 aromatic heterocycles. The van der Waals surface area contributed by atoms with Crippen LogP contribution in [0.3, 0.4) is 0 Å². The summed E-state index contributed by atoms with van der Waals surface area (Å²) in [5.74, 6) is 2.49. The van der Waals surface area contributed by atoms with E-state index in [0.717, 1.165) is 17.1 Å². The van der Waals surface area contributed by atoms with Crippen LogP contribution in [0.15, 0.2) is 79.5 Å². The molecule has 11 heteroatoms. The summed E-state index contributed by atoms with van der Waals surface area (Å²) in [6.07, 6.45) is 6.69. The predicted molar refractivity (Wildman–Crippen MR) is 141 cm³/mol. The fourth-order valence-electron chi connectivity index (χ4n) is 4.17. The number of anilines is 1. The van der Waals surface area contributed by atoms with E-state index < -0.39 is 6.04 Å². The van der Waals surface area contributed by atoms with Gasteiger partial charge in [-0.3, -0.25) is 4.79 Å². The molecule has 0 bridgehead atoms. The van der Waals surface area contributed by atoms with Gasteiger partial charge in [0.15, 0.2) is 11.6 Å². The maximum absolute atomic E-state index is 13.4. The number of carbonyl (C=O) groups is 1. The monoisotopic (exact) mass is 509 g/mol. The summed E-state index contributed by atoms with van der Waals surface area (Å²) in [4.78, 5) is 26.1. The Balaban J connectivity index is 1.33. The first kappa shape index (κ1) is 24.6. The van der Waals surface area contributed by atoms with Gasteiger partial charge in [0.1, 0.15) is 29.6 Å². The molecule has 5 aromatic rings. The number of hydrogen-bond acceptors (Lipinski definition) is 8. The van der Waals surface area contributed by atoms with Crippen LogP contribution in [0, 0.1) is 0 Å². The molecule has 5 rings (SSSR count). The Kier molecular flexibility index (Phi) is 7.07. The van der Waals surface area contributed by atoms with Crippen molar-refractivity contribution in [1.82, 2.24) is 39.6 Å². The van der Waals surface area contributed by atoms with Gasteiger partial charge in [-0.1, -0.05) is 24.3 Å². The van der Waals surface area contributed by atoms with Crippen molar-refractivity contribution in [1.29, 1.82) is 0 Å². The highest BCUT2D eigenvalue weighted by molar-refractivity contribution is 5.95. The number of ether oxygens (including phenoxy) is 1. The summed E-state index contributed by atoms with van der Waals surface area (Å²) in [5, 5.41) is 15.0. The highest BCUT2D eigenvalue weighted by Crippen LogP contribution is 2.29. The molecule has 3 heterocycles. The van der Waals surface area contributed by atoms with Gasteiger partial charge in [-0.2, -0.15) is 0 Å². The van der Waals surface area contributed by atoms with E-state index in [2.05, 4.69) is 35.8 Å². The van der Waals surface area contributed by atoms with Crippen molar-refractivity contribution in [3.05, 3.63) is 102 Å². The van der Waals surface area contributed by atoms with Gasteiger partial charge < -0.3 is 24.5 Å². The van der Waals surface area contributed by atoms with E-state index in [1.165, 1.54) is 6.33 Å². The Morgan fingerprint density at radius 3 is 2.66 bits per heavy atom. The lowest BCUT2D eigenvalue weighted by molar-refractivity contribution is 0.0941. The predicted octanol–water partition coefficient (Wildman–Crippen LogP) is 3.15. The maximum atomic E-state index is 13.4. The van der Waals surface area contributed by atoms with Gasteiger partial charge in [0.25, 0.3) is 5.91 Å². The number of para-hydroxylation sites is 1. The van der Waals surface area contributed by atoms with Gasteiger partial charge in [0.05, 0.1) is 13.7 Å². The smallest absolute Gasteiger partial charge is 0.252 e. The number of hydrogen-bond donors (Lipinski definition) is 2. The molecule has 38 heavy (non-hydrogen) atoms. The van der Waals surface area contributed by atoms with E-state index in [0.29, 0.717) is 35.2 Å². The van der Waals surface area contributed by atoms with Crippen LogP contribution in [0.25, 0.3) is 11.5 Å². The highest BCUT2D eigenvalue weighted by Gasteiger charge is 2.24. The largest absolute Gasteiger partial charge is 0.496 e. The van der Waals surface area contributed by atoms with Crippen LogP contribution in [-0.2, 0) is 20.6 Å². The van der Waals surface area contributed by atoms with Crippen LogP contribution in [-0.4, -0.2) is 47.3 Å². The molecule has 0 aliphatic carbocycles. The number of nitrogens with zero attached hydrogens (tertiary/aromatic N) is 7. The average molecular weight is 510 g/mol. The van der Waals surface area contributed by atoms with E-state index in [1.807, 2.05) is 65.8 Å². The van der Waals surface area contributed by atoms with Gasteiger partial charge >= 0.3 is 0 Å². The molecule has 0 radical (unpaired) electrons. The summed E-state index contributed by atoms with van der Waals surface area (Å²) >= 11 is 0. The molecule has 2 aromatic carbocycles. The lowest BCUT2D eigenvalue weighted by atomic mass is 10.0. The molecule has 0 unspecified atom stereocenters. The summed E-state index contributed by atoms with van der Waals surface area (Å²) in [6.45, 7) is 0.413. The number of aryl methyl sites for hydroxylation is 1. The van der Waals surface area contributed by atoms with Crippen molar-refractivity contribution in [3.63, 3.8) is 0 Å². The Hall–Kier alpha value is -5.06. The Labute approximate surface area is 219 Å². The SMILES string of the molecule is COc1ccccc1[C@@H](NC(=O)c1cccc(NCc2nnc(-c3ccncn3)n2C)c1)c1nccn1C. The van der Waals surface area contributed by atoms with Crippen molar-refractivity contribution in [2.45, 2.75) is 12.6 Å². The third-order valence-electron chi connectivity index (χ3n) is 6.19. The van der Waals surface area contributed by atoms with E-state index >= 15 is 0 Å². The molecule has 0 aliphatic heterocycles. The number of methoxy groups -OCH3 is 1. The number of benzene rings is 2. The van der Waals surface area contributed by atoms with Crippen molar-refractivity contribution >= 4 is 11.6 Å². The van der Waals surface area contributed by atoms with Crippen LogP contribution < -0.4 is 15.4 Å². The van der Waals surface area contributed by atoms with Gasteiger partial charge in [-0.15, -0.1) is 10.2 Å². The number of carbonyl (C=O) groups excluding carboxylic acids is 1. The van der Waals surface area contributed by atoms with Gasteiger partial charge in [0, 0.05) is 49.5 Å². The van der Waals surface area contributed by atoms with Crippen LogP contribution in [0.2, 0.25) is 0 Å². The summed E-state index contributed by atoms with van der Waals surface area (Å²) in [5.41, 5.74) is 2.78. The molecule has 192 valence electrons. The molecule has 0 saturated heterocycles. The van der Waals surface area contributed by atoms with Crippen molar-refractivity contribution in [2.24, 2.45) is 14.1 Å². The fourth-order valence-corrected chi connectivity index (χ4v) is 4.17. The van der Waals surface area contributed by atoms with Crippen LogP contribution >= 0.6 is 0 Å². The molecule has 0 aliphatic rings. The zero-order valence-corrected chi connectivity index (χ0v) is 21.2. The third kappa shape index (κ3) is 5.07. The molecule has 2 N–H and O–H groups in total. The van der Waals surface area contributed by atoms with Crippen molar-refractivity contribution in [2.75, 3.05) is 12.4 Å². The van der Waals surface area contributed by atoms with E-state index in [9.17, 15) is 4.79 Å². The molecule has 1 atom stereocenters. The number of aromatic nitrogens is 7. The summed E-state index contributed by atoms with van der Waals surface area (Å²) in [6, 6.07) is 16.2. The van der Waals surface area contributed by atoms with Crippen LogP contribution in [0.1, 0.15) is 33.6 Å². The Morgan fingerprint density at radius 2 is 1.89 bits per heavy atom. The van der Waals surface area contributed by atoms with Gasteiger partial charge in [-0.25, -0.2) is 15.0 Å². The highest BCUT2D eigenvalue weighted by atomic mass is 16.5. The molecule has 0 saturated carbocycles. The molecule has 11 nitrogen and oxygen atoms in total. The van der Waals surface area contributed by atoms with Crippen LogP contribution in [0.4, 0.5) is 5.69 Å². The standard InChI is InChI=1S/C27H27N9O2/c1-35-14-13-29-26(35)24(20-9-4-5-10-22(20)38-3)32-27(37)18-7-6-8-19(15-18)30-16-23-33-34-25(36(23)2)21-11-12-28-17-31-21/h4-15,17,24,30H,16H2,1-3H3,(H,32,37)/t24-/m1/s1. The van der Waals surface area contributed by atoms with Crippen molar-refractivity contribution < 1.29 is 9.53 Å². The minimum atomic E-state index is -0.505. The zero-order chi connectivity index (χ0) is 26.5. The summed E-state index contributed by atoms with van der Waals surface area (Å²) in [7, 11) is 5.39. The maximum Gasteiger partial charge on any atom is 0.252 e. The first-order valence-corrected chi connectivity index (χ1v) is 11.9. The van der Waals surface area contributed by atoms with Gasteiger partial charge in [0.2, 0.25) is 0 Å². The normalized spacial score (nSPS) is 11.7. The lowest BCUT2D eigenvalue weighted by Crippen LogP contribution is -2.31. The lowest BCUT2D eigenvalue weighted by Gasteiger charge is -2.21. The Bertz CT molecular complexity index is 1550. The van der Waals surface area contributed by atoms with E-state index in [1.54, 1.807) is 37.7 Å². The average Bonchev–Trinajstić information content (AvgIpc) is 3.55. The first-order valence-electron chi connectivity index (χ1n) is 11.9. The van der Waals surface area contributed by atoms with E-state index in [-0.39, 0.29) is 5.91 Å². The second-order valence-corrected chi connectivity index (χ2v) is 8.57. The number of amides is 1. The number of rotatable bonds is 9.